The molecule has 5 nitrogen and oxygen atoms in total. The van der Waals surface area contributed by atoms with Crippen molar-refractivity contribution in [2.24, 2.45) is 4.99 Å². The molecule has 146 valence electrons. The maximum atomic E-state index is 12.5. The van der Waals surface area contributed by atoms with E-state index in [1.807, 2.05) is 36.4 Å². The zero-order valence-electron chi connectivity index (χ0n) is 16.5. The van der Waals surface area contributed by atoms with Gasteiger partial charge in [-0.25, -0.2) is 0 Å². The predicted octanol–water partition coefficient (Wildman–Crippen LogP) is 4.49. The van der Waals surface area contributed by atoms with Gasteiger partial charge in [0.25, 0.3) is 0 Å². The summed E-state index contributed by atoms with van der Waals surface area (Å²) in [6, 6.07) is 24.4. The van der Waals surface area contributed by atoms with Crippen molar-refractivity contribution in [3.05, 3.63) is 94.5 Å². The van der Waals surface area contributed by atoms with Crippen molar-refractivity contribution in [1.29, 1.82) is 10.5 Å². The van der Waals surface area contributed by atoms with E-state index >= 15 is 0 Å². The molecule has 4 rings (SSSR count). The molecule has 0 fully saturated rings. The quantitative estimate of drug-likeness (QED) is 0.643. The predicted molar refractivity (Wildman–Crippen MR) is 119 cm³/mol. The second-order valence-corrected chi connectivity index (χ2v) is 6.95. The average molecular weight is 400 g/mol. The van der Waals surface area contributed by atoms with Gasteiger partial charge in [-0.3, -0.25) is 9.79 Å². The fourth-order valence-electron chi connectivity index (χ4n) is 3.30. The fraction of sp³-hybridized carbons (Fsp3) is 0.0769. The molecule has 0 bridgehead atoms. The number of fused-ring (bicyclic) bond motifs is 1. The Balaban J connectivity index is 1.81. The summed E-state index contributed by atoms with van der Waals surface area (Å²) >= 11 is 0. The fourth-order valence-corrected chi connectivity index (χ4v) is 3.30. The number of nitriles is 2. The summed E-state index contributed by atoms with van der Waals surface area (Å²) < 4.78 is 0. The summed E-state index contributed by atoms with van der Waals surface area (Å²) in [5.74, 6) is 6.02. The molecular weight excluding hydrogens is 384 g/mol. The van der Waals surface area contributed by atoms with E-state index in [2.05, 4.69) is 29.3 Å². The molecule has 1 N–H and O–H groups in total. The van der Waals surface area contributed by atoms with Gasteiger partial charge in [-0.05, 0) is 47.5 Å². The lowest BCUT2D eigenvalue weighted by atomic mass is 10.0. The maximum absolute atomic E-state index is 12.5. The number of aliphatic imine (C=N–C) groups is 1. The molecule has 5 heteroatoms. The number of hydrogen-bond acceptors (Lipinski definition) is 4. The lowest BCUT2D eigenvalue weighted by Gasteiger charge is -2.09. The first kappa shape index (κ1) is 19.6. The molecule has 0 aromatic heterocycles. The van der Waals surface area contributed by atoms with Crippen LogP contribution in [0.1, 0.15) is 34.2 Å². The van der Waals surface area contributed by atoms with Crippen molar-refractivity contribution < 1.29 is 4.79 Å². The van der Waals surface area contributed by atoms with Gasteiger partial charge in [-0.15, -0.1) is 0 Å². The Morgan fingerprint density at radius 1 is 0.935 bits per heavy atom. The van der Waals surface area contributed by atoms with Gasteiger partial charge in [0.2, 0.25) is 5.91 Å². The molecule has 1 aliphatic heterocycles. The monoisotopic (exact) mass is 400 g/mol. The minimum absolute atomic E-state index is 0.0855. The van der Waals surface area contributed by atoms with E-state index in [0.29, 0.717) is 28.2 Å². The van der Waals surface area contributed by atoms with Crippen LogP contribution >= 0.6 is 0 Å². The summed E-state index contributed by atoms with van der Waals surface area (Å²) in [6.45, 7) is 0. The van der Waals surface area contributed by atoms with Gasteiger partial charge < -0.3 is 5.32 Å². The minimum atomic E-state index is -0.199. The number of nitrogens with one attached hydrogen (secondary N) is 1. The van der Waals surface area contributed by atoms with E-state index in [9.17, 15) is 15.3 Å². The highest BCUT2D eigenvalue weighted by atomic mass is 16.1. The molecule has 1 heterocycles. The largest absolute Gasteiger partial charge is 0.324 e. The van der Waals surface area contributed by atoms with Crippen LogP contribution in [0.15, 0.2) is 71.7 Å². The average Bonchev–Trinajstić information content (AvgIpc) is 2.96. The van der Waals surface area contributed by atoms with E-state index in [1.165, 1.54) is 0 Å². The molecule has 0 spiro atoms. The topological polar surface area (TPSA) is 89.0 Å². The highest BCUT2D eigenvalue weighted by molar-refractivity contribution is 6.17. The van der Waals surface area contributed by atoms with Gasteiger partial charge in [0, 0.05) is 11.1 Å². The van der Waals surface area contributed by atoms with Gasteiger partial charge in [0.05, 0.1) is 47.6 Å². The zero-order chi connectivity index (χ0) is 21.6. The van der Waals surface area contributed by atoms with Crippen LogP contribution < -0.4 is 5.32 Å². The van der Waals surface area contributed by atoms with E-state index in [1.54, 1.807) is 30.3 Å². The van der Waals surface area contributed by atoms with Crippen LogP contribution in [0.25, 0.3) is 0 Å². The van der Waals surface area contributed by atoms with Crippen molar-refractivity contribution >= 4 is 23.0 Å². The van der Waals surface area contributed by atoms with Gasteiger partial charge in [0.15, 0.2) is 0 Å². The molecule has 1 amide bonds. The van der Waals surface area contributed by atoms with Crippen LogP contribution in [0.4, 0.5) is 11.4 Å². The van der Waals surface area contributed by atoms with Gasteiger partial charge >= 0.3 is 0 Å². The van der Waals surface area contributed by atoms with Crippen LogP contribution in [0.3, 0.4) is 0 Å². The number of benzene rings is 3. The number of carbonyl (C=O) groups is 1. The Labute approximate surface area is 180 Å². The molecule has 31 heavy (non-hydrogen) atoms. The van der Waals surface area contributed by atoms with E-state index in [-0.39, 0.29) is 18.7 Å². The Bertz CT molecular complexity index is 1350. The zero-order valence-corrected chi connectivity index (χ0v) is 16.5. The number of hydrogen-bond donors (Lipinski definition) is 1. The molecular formula is C26H16N4O. The Morgan fingerprint density at radius 3 is 2.52 bits per heavy atom. The molecule has 0 aliphatic carbocycles. The molecule has 0 saturated carbocycles. The summed E-state index contributed by atoms with van der Waals surface area (Å²) in [5.41, 5.74) is 5.19. The second kappa shape index (κ2) is 8.78. The Morgan fingerprint density at radius 2 is 1.74 bits per heavy atom. The molecule has 0 radical (unpaired) electrons. The van der Waals surface area contributed by atoms with E-state index in [4.69, 9.17) is 4.99 Å². The SMILES string of the molecule is N#CCc1cc2c(cc1C#Cc1ccccc1)NC(=O)CC(c1cccc(C#N)c1)=N2. The van der Waals surface area contributed by atoms with E-state index < -0.39 is 0 Å². The van der Waals surface area contributed by atoms with Crippen molar-refractivity contribution in [2.45, 2.75) is 12.8 Å². The van der Waals surface area contributed by atoms with Gasteiger partial charge in [-0.2, -0.15) is 10.5 Å². The third-order valence-electron chi connectivity index (χ3n) is 4.79. The number of anilines is 1. The first-order valence-corrected chi connectivity index (χ1v) is 9.65. The second-order valence-electron chi connectivity index (χ2n) is 6.95. The van der Waals surface area contributed by atoms with Crippen molar-refractivity contribution in [3.63, 3.8) is 0 Å². The minimum Gasteiger partial charge on any atom is -0.324 e. The molecule has 0 saturated heterocycles. The van der Waals surface area contributed by atoms with Crippen LogP contribution in [0.5, 0.6) is 0 Å². The van der Waals surface area contributed by atoms with Crippen LogP contribution in [-0.4, -0.2) is 11.6 Å². The van der Waals surface area contributed by atoms with Crippen molar-refractivity contribution in [2.75, 3.05) is 5.32 Å². The van der Waals surface area contributed by atoms with E-state index in [0.717, 1.165) is 16.7 Å². The van der Waals surface area contributed by atoms with Crippen molar-refractivity contribution in [1.82, 2.24) is 0 Å². The van der Waals surface area contributed by atoms with Gasteiger partial charge in [0.1, 0.15) is 0 Å². The normalized spacial score (nSPS) is 12.1. The van der Waals surface area contributed by atoms with Crippen LogP contribution in [0, 0.1) is 34.5 Å². The van der Waals surface area contributed by atoms with Crippen LogP contribution in [-0.2, 0) is 11.2 Å². The standard InChI is InChI=1S/C26H16N4O/c27-12-11-21-15-24-25(14-20(21)10-9-18-5-2-1-3-6-18)30-26(31)16-23(29-24)22-8-4-7-19(13-22)17-28/h1-8,13-15H,11,16H2,(H,30,31). The highest BCUT2D eigenvalue weighted by Gasteiger charge is 2.19. The molecule has 3 aromatic rings. The summed E-state index contributed by atoms with van der Waals surface area (Å²) in [4.78, 5) is 17.2. The smallest absolute Gasteiger partial charge is 0.230 e. The maximum Gasteiger partial charge on any atom is 0.230 e. The highest BCUT2D eigenvalue weighted by Crippen LogP contribution is 2.32. The number of nitrogens with zero attached hydrogens (tertiary/aromatic N) is 3. The molecule has 1 aliphatic rings. The van der Waals surface area contributed by atoms with Crippen molar-refractivity contribution in [3.8, 4) is 24.0 Å². The van der Waals surface area contributed by atoms with Gasteiger partial charge in [-0.1, -0.05) is 42.2 Å². The Kier molecular flexibility index (Phi) is 5.57. The Hall–Kier alpha value is -4.66. The third kappa shape index (κ3) is 4.51. The number of carbonyl (C=O) groups excluding carboxylic acids is 1. The first-order chi connectivity index (χ1) is 15.2. The summed E-state index contributed by atoms with van der Waals surface area (Å²) in [6.07, 6.45) is 0.261. The molecule has 0 atom stereocenters. The van der Waals surface area contributed by atoms with Crippen LogP contribution in [0.2, 0.25) is 0 Å². The molecule has 0 unspecified atom stereocenters. The lowest BCUT2D eigenvalue weighted by molar-refractivity contribution is -0.115. The summed E-state index contributed by atoms with van der Waals surface area (Å²) in [5, 5.41) is 21.3. The summed E-state index contributed by atoms with van der Waals surface area (Å²) in [7, 11) is 0. The number of amides is 1. The lowest BCUT2D eigenvalue weighted by Crippen LogP contribution is -2.15. The third-order valence-corrected chi connectivity index (χ3v) is 4.79. The first-order valence-electron chi connectivity index (χ1n) is 9.65. The number of rotatable bonds is 2. The molecule has 3 aromatic carbocycles.